The molecule has 16 heavy (non-hydrogen) atoms. The van der Waals surface area contributed by atoms with Crippen molar-refractivity contribution in [3.63, 3.8) is 0 Å². The zero-order valence-electron chi connectivity index (χ0n) is 9.15. The number of carbonyl (C=O) groups excluding carboxylic acids is 1. The number of amides is 1. The van der Waals surface area contributed by atoms with Gasteiger partial charge in [0.1, 0.15) is 9.88 Å². The van der Waals surface area contributed by atoms with Gasteiger partial charge in [-0.05, 0) is 19.4 Å². The summed E-state index contributed by atoms with van der Waals surface area (Å²) in [5.41, 5.74) is 8.18. The maximum atomic E-state index is 11.1. The van der Waals surface area contributed by atoms with Crippen LogP contribution in [0.15, 0.2) is 24.3 Å². The molecule has 0 atom stereocenters. The van der Waals surface area contributed by atoms with Crippen LogP contribution >= 0.6 is 11.3 Å². The molecule has 2 rings (SSSR count). The topological polar surface area (TPSA) is 56.0 Å². The summed E-state index contributed by atoms with van der Waals surface area (Å²) < 4.78 is 0. The maximum absolute atomic E-state index is 11.1. The van der Waals surface area contributed by atoms with Crippen molar-refractivity contribution in [2.45, 2.75) is 13.8 Å². The molecule has 0 fully saturated rings. The Hall–Kier alpha value is -1.68. The van der Waals surface area contributed by atoms with Crippen LogP contribution in [0, 0.1) is 13.8 Å². The fourth-order valence-corrected chi connectivity index (χ4v) is 2.56. The third kappa shape index (κ3) is 1.84. The highest BCUT2D eigenvalue weighted by molar-refractivity contribution is 7.17. The second-order valence-corrected chi connectivity index (χ2v) is 4.61. The van der Waals surface area contributed by atoms with Crippen molar-refractivity contribution in [1.82, 2.24) is 4.98 Å². The second kappa shape index (κ2) is 4.06. The first kappa shape index (κ1) is 10.8. The van der Waals surface area contributed by atoms with Crippen LogP contribution in [0.4, 0.5) is 0 Å². The first-order chi connectivity index (χ1) is 7.59. The Morgan fingerprint density at radius 2 is 2.00 bits per heavy atom. The van der Waals surface area contributed by atoms with E-state index in [2.05, 4.69) is 4.98 Å². The van der Waals surface area contributed by atoms with Crippen LogP contribution in [-0.2, 0) is 0 Å². The van der Waals surface area contributed by atoms with Crippen molar-refractivity contribution < 1.29 is 4.79 Å². The average Bonchev–Trinajstić information content (AvgIpc) is 2.61. The van der Waals surface area contributed by atoms with Crippen LogP contribution in [0.3, 0.4) is 0 Å². The van der Waals surface area contributed by atoms with Crippen molar-refractivity contribution >= 4 is 17.2 Å². The zero-order valence-corrected chi connectivity index (χ0v) is 9.97. The smallest absolute Gasteiger partial charge is 0.260 e. The van der Waals surface area contributed by atoms with Crippen LogP contribution in [-0.4, -0.2) is 10.9 Å². The normalized spacial score (nSPS) is 10.4. The number of hydrogen-bond donors (Lipinski definition) is 1. The lowest BCUT2D eigenvalue weighted by atomic mass is 10.1. The molecule has 0 aliphatic rings. The van der Waals surface area contributed by atoms with Crippen LogP contribution in [0.1, 0.15) is 20.9 Å². The monoisotopic (exact) mass is 232 g/mol. The van der Waals surface area contributed by atoms with Gasteiger partial charge in [-0.25, -0.2) is 4.98 Å². The summed E-state index contributed by atoms with van der Waals surface area (Å²) in [6.07, 6.45) is 0. The Labute approximate surface area is 97.9 Å². The fraction of sp³-hybridized carbons (Fsp3) is 0.167. The molecule has 0 aliphatic heterocycles. The number of nitrogens with two attached hydrogens (primary N) is 1. The Balaban J connectivity index is 2.54. The lowest BCUT2D eigenvalue weighted by Crippen LogP contribution is -2.09. The van der Waals surface area contributed by atoms with Gasteiger partial charge in [0.2, 0.25) is 0 Å². The minimum Gasteiger partial charge on any atom is -0.365 e. The van der Waals surface area contributed by atoms with Gasteiger partial charge in [0.05, 0.1) is 5.69 Å². The Morgan fingerprint density at radius 1 is 1.31 bits per heavy atom. The summed E-state index contributed by atoms with van der Waals surface area (Å²) in [6, 6.07) is 7.96. The predicted octanol–water partition coefficient (Wildman–Crippen LogP) is 2.53. The first-order valence-corrected chi connectivity index (χ1v) is 5.74. The van der Waals surface area contributed by atoms with Crippen LogP contribution < -0.4 is 5.73 Å². The van der Waals surface area contributed by atoms with Gasteiger partial charge >= 0.3 is 0 Å². The summed E-state index contributed by atoms with van der Waals surface area (Å²) in [5.74, 6) is -0.408. The van der Waals surface area contributed by atoms with Gasteiger partial charge in [0.25, 0.3) is 5.91 Å². The molecule has 1 heterocycles. The molecule has 2 aromatic rings. The van der Waals surface area contributed by atoms with Crippen LogP contribution in [0.5, 0.6) is 0 Å². The molecule has 1 amide bonds. The predicted molar refractivity (Wildman–Crippen MR) is 65.5 cm³/mol. The van der Waals surface area contributed by atoms with Gasteiger partial charge < -0.3 is 5.73 Å². The molecule has 3 nitrogen and oxygen atoms in total. The third-order valence-electron chi connectivity index (χ3n) is 2.40. The summed E-state index contributed by atoms with van der Waals surface area (Å²) in [5, 5.41) is 0.851. The van der Waals surface area contributed by atoms with E-state index in [9.17, 15) is 4.79 Å². The molecular weight excluding hydrogens is 220 g/mol. The molecule has 0 spiro atoms. The number of hydrogen-bond acceptors (Lipinski definition) is 3. The third-order valence-corrected chi connectivity index (χ3v) is 3.60. The van der Waals surface area contributed by atoms with Crippen molar-refractivity contribution in [2.24, 2.45) is 5.73 Å². The fourth-order valence-electron chi connectivity index (χ4n) is 1.55. The molecule has 0 saturated heterocycles. The molecule has 1 aromatic heterocycles. The molecule has 2 N–H and O–H groups in total. The number of rotatable bonds is 2. The molecule has 4 heteroatoms. The lowest BCUT2D eigenvalue weighted by Gasteiger charge is -1.99. The number of aromatic nitrogens is 1. The van der Waals surface area contributed by atoms with Gasteiger partial charge in [-0.2, -0.15) is 0 Å². The minimum absolute atomic E-state index is 0.408. The lowest BCUT2D eigenvalue weighted by molar-refractivity contribution is 0.100. The highest BCUT2D eigenvalue weighted by Crippen LogP contribution is 2.29. The summed E-state index contributed by atoms with van der Waals surface area (Å²) in [7, 11) is 0. The highest BCUT2D eigenvalue weighted by atomic mass is 32.1. The van der Waals surface area contributed by atoms with Gasteiger partial charge in [0, 0.05) is 5.56 Å². The van der Waals surface area contributed by atoms with Crippen molar-refractivity contribution in [3.8, 4) is 10.6 Å². The minimum atomic E-state index is -0.408. The Bertz CT molecular complexity index is 546. The van der Waals surface area contributed by atoms with E-state index in [-0.39, 0.29) is 0 Å². The highest BCUT2D eigenvalue weighted by Gasteiger charge is 2.14. The van der Waals surface area contributed by atoms with Gasteiger partial charge in [-0.1, -0.05) is 24.3 Å². The summed E-state index contributed by atoms with van der Waals surface area (Å²) >= 11 is 1.35. The molecule has 0 radical (unpaired) electrons. The van der Waals surface area contributed by atoms with E-state index in [0.29, 0.717) is 10.6 Å². The molecule has 0 bridgehead atoms. The van der Waals surface area contributed by atoms with Crippen LogP contribution in [0.25, 0.3) is 10.6 Å². The quantitative estimate of drug-likeness (QED) is 0.865. The van der Waals surface area contributed by atoms with Crippen molar-refractivity contribution in [3.05, 3.63) is 40.4 Å². The molecule has 0 aliphatic carbocycles. The van der Waals surface area contributed by atoms with Crippen molar-refractivity contribution in [1.29, 1.82) is 0 Å². The van der Waals surface area contributed by atoms with E-state index in [1.807, 2.05) is 31.2 Å². The average molecular weight is 232 g/mol. The van der Waals surface area contributed by atoms with E-state index >= 15 is 0 Å². The van der Waals surface area contributed by atoms with E-state index in [0.717, 1.165) is 16.1 Å². The zero-order chi connectivity index (χ0) is 11.7. The standard InChI is InChI=1S/C12H12N2OS/c1-7-5-3-4-6-9(7)12-14-8(2)10(16-12)11(13)15/h3-6H,1-2H3,(H2,13,15). The molecule has 0 unspecified atom stereocenters. The van der Waals surface area contributed by atoms with E-state index in [1.165, 1.54) is 11.3 Å². The van der Waals surface area contributed by atoms with Crippen LogP contribution in [0.2, 0.25) is 0 Å². The summed E-state index contributed by atoms with van der Waals surface area (Å²) in [4.78, 5) is 16.1. The Morgan fingerprint density at radius 3 is 2.56 bits per heavy atom. The number of primary amides is 1. The molecule has 1 aromatic carbocycles. The van der Waals surface area contributed by atoms with Crippen molar-refractivity contribution in [2.75, 3.05) is 0 Å². The van der Waals surface area contributed by atoms with E-state index < -0.39 is 5.91 Å². The van der Waals surface area contributed by atoms with E-state index in [4.69, 9.17) is 5.73 Å². The molecular formula is C12H12N2OS. The van der Waals surface area contributed by atoms with Gasteiger partial charge in [-0.15, -0.1) is 11.3 Å². The maximum Gasteiger partial charge on any atom is 0.260 e. The van der Waals surface area contributed by atoms with E-state index in [1.54, 1.807) is 6.92 Å². The largest absolute Gasteiger partial charge is 0.365 e. The number of carbonyl (C=O) groups is 1. The number of aryl methyl sites for hydroxylation is 2. The Kier molecular flexibility index (Phi) is 2.75. The second-order valence-electron chi connectivity index (χ2n) is 3.61. The SMILES string of the molecule is Cc1ccccc1-c1nc(C)c(C(N)=O)s1. The van der Waals surface area contributed by atoms with Gasteiger partial charge in [-0.3, -0.25) is 4.79 Å². The molecule has 0 saturated carbocycles. The number of thiazole rings is 1. The summed E-state index contributed by atoms with van der Waals surface area (Å²) in [6.45, 7) is 3.83. The molecule has 82 valence electrons. The number of benzene rings is 1. The number of nitrogens with zero attached hydrogens (tertiary/aromatic N) is 1. The van der Waals surface area contributed by atoms with Gasteiger partial charge in [0.15, 0.2) is 0 Å². The first-order valence-electron chi connectivity index (χ1n) is 4.93.